The Bertz CT molecular complexity index is 469. The maximum Gasteiger partial charge on any atom is 0.189 e. The number of fused-ring (bicyclic) bond motifs is 2. The lowest BCUT2D eigenvalue weighted by atomic mass is 10.2. The van der Waals surface area contributed by atoms with Crippen LogP contribution in [-0.4, -0.2) is 20.0 Å². The molecule has 0 saturated heterocycles. The van der Waals surface area contributed by atoms with Crippen molar-refractivity contribution in [2.45, 2.75) is 69.4 Å². The Morgan fingerprint density at radius 2 is 0.966 bits per heavy atom. The molecule has 168 valence electrons. The normalized spacial score (nSPS) is 11.3. The van der Waals surface area contributed by atoms with Crippen molar-refractivity contribution in [3.8, 4) is 17.2 Å². The van der Waals surface area contributed by atoms with Gasteiger partial charge in [-0.3, -0.25) is 0 Å². The lowest BCUT2D eigenvalue weighted by Gasteiger charge is -2.17. The third kappa shape index (κ3) is 12.8. The van der Waals surface area contributed by atoms with Gasteiger partial charge in [-0.2, -0.15) is 0 Å². The maximum atomic E-state index is 5.30. The lowest BCUT2D eigenvalue weighted by Crippen LogP contribution is -2.14. The van der Waals surface area contributed by atoms with Gasteiger partial charge in [-0.05, 0) is 18.2 Å². The molecule has 0 atom stereocenters. The third-order valence-corrected chi connectivity index (χ3v) is 2.98. The second kappa shape index (κ2) is 23.8. The molecule has 0 N–H and O–H groups in total. The van der Waals surface area contributed by atoms with E-state index in [0.29, 0.717) is 26.6 Å². The number of para-hydroxylation sites is 3. The molecule has 4 rings (SSSR count). The lowest BCUT2D eigenvalue weighted by molar-refractivity contribution is -0.0163. The second-order valence-corrected chi connectivity index (χ2v) is 4.36. The van der Waals surface area contributed by atoms with Gasteiger partial charge in [0.2, 0.25) is 0 Å². The highest BCUT2D eigenvalue weighted by Crippen LogP contribution is 2.28. The van der Waals surface area contributed by atoms with Gasteiger partial charge >= 0.3 is 0 Å². The highest BCUT2D eigenvalue weighted by atomic mass is 16.7. The quantitative estimate of drug-likeness (QED) is 0.446. The van der Waals surface area contributed by atoms with Gasteiger partial charge in [-0.1, -0.05) is 93.1 Å². The molecule has 0 radical (unpaired) electrons. The van der Waals surface area contributed by atoms with E-state index in [1.807, 2.05) is 104 Å². The van der Waals surface area contributed by atoms with E-state index in [0.717, 1.165) is 22.8 Å². The Morgan fingerprint density at radius 3 is 1.41 bits per heavy atom. The van der Waals surface area contributed by atoms with E-state index in [2.05, 4.69) is 0 Å². The summed E-state index contributed by atoms with van der Waals surface area (Å²) in [6, 6.07) is 15.6. The molecular formula is C25H44O4. The van der Waals surface area contributed by atoms with E-state index in [9.17, 15) is 0 Å². The van der Waals surface area contributed by atoms with Gasteiger partial charge < -0.3 is 18.9 Å². The van der Waals surface area contributed by atoms with Gasteiger partial charge in [-0.25, -0.2) is 0 Å². The SMILES string of the molecule is C.CC.CC.CC.CC.c1ccc2c(c1)COCO2.c1ccc2c(c1)OCCO2. The molecule has 0 saturated carbocycles. The topological polar surface area (TPSA) is 36.9 Å². The number of hydrogen-bond acceptors (Lipinski definition) is 4. The van der Waals surface area contributed by atoms with Gasteiger partial charge in [0.15, 0.2) is 18.3 Å². The summed E-state index contributed by atoms with van der Waals surface area (Å²) in [4.78, 5) is 0. The molecule has 0 aromatic heterocycles. The first-order valence-corrected chi connectivity index (χ1v) is 10.6. The van der Waals surface area contributed by atoms with Crippen molar-refractivity contribution in [1.29, 1.82) is 0 Å². The summed E-state index contributed by atoms with van der Waals surface area (Å²) in [5.41, 5.74) is 1.13. The number of ether oxygens (including phenoxy) is 4. The molecule has 29 heavy (non-hydrogen) atoms. The fourth-order valence-electron chi connectivity index (χ4n) is 2.01. The van der Waals surface area contributed by atoms with E-state index < -0.39 is 0 Å². The Kier molecular flexibility index (Phi) is 25.9. The van der Waals surface area contributed by atoms with Crippen molar-refractivity contribution >= 4 is 0 Å². The van der Waals surface area contributed by atoms with Crippen LogP contribution < -0.4 is 14.2 Å². The molecule has 0 spiro atoms. The molecule has 0 amide bonds. The highest BCUT2D eigenvalue weighted by Gasteiger charge is 2.08. The third-order valence-electron chi connectivity index (χ3n) is 2.98. The van der Waals surface area contributed by atoms with Crippen molar-refractivity contribution in [2.24, 2.45) is 0 Å². The van der Waals surface area contributed by atoms with Gasteiger partial charge in [0, 0.05) is 5.56 Å². The van der Waals surface area contributed by atoms with Crippen molar-refractivity contribution in [3.05, 3.63) is 54.1 Å². The van der Waals surface area contributed by atoms with Crippen LogP contribution in [0, 0.1) is 0 Å². The van der Waals surface area contributed by atoms with E-state index in [4.69, 9.17) is 18.9 Å². The summed E-state index contributed by atoms with van der Waals surface area (Å²) in [6.45, 7) is 18.4. The average molecular weight is 409 g/mol. The summed E-state index contributed by atoms with van der Waals surface area (Å²) >= 11 is 0. The minimum atomic E-state index is 0. The first kappa shape index (κ1) is 31.5. The molecule has 0 unspecified atom stereocenters. The van der Waals surface area contributed by atoms with Crippen LogP contribution in [0.5, 0.6) is 17.2 Å². The largest absolute Gasteiger partial charge is 0.486 e. The summed E-state index contributed by atoms with van der Waals surface area (Å²) in [7, 11) is 0. The molecule has 4 nitrogen and oxygen atoms in total. The maximum absolute atomic E-state index is 5.30. The molecule has 0 fully saturated rings. The monoisotopic (exact) mass is 408 g/mol. The van der Waals surface area contributed by atoms with Gasteiger partial charge in [0.05, 0.1) is 6.61 Å². The molecule has 2 aliphatic heterocycles. The average Bonchev–Trinajstić information content (AvgIpc) is 2.85. The molecule has 0 aliphatic carbocycles. The predicted octanol–water partition coefficient (Wildman–Crippen LogP) is 7.75. The Labute approximate surface area is 180 Å². The van der Waals surface area contributed by atoms with Crippen LogP contribution in [0.4, 0.5) is 0 Å². The first-order valence-electron chi connectivity index (χ1n) is 10.6. The van der Waals surface area contributed by atoms with Crippen LogP contribution in [-0.2, 0) is 11.3 Å². The predicted molar refractivity (Wildman–Crippen MR) is 126 cm³/mol. The minimum absolute atomic E-state index is 0. The van der Waals surface area contributed by atoms with Crippen molar-refractivity contribution < 1.29 is 18.9 Å². The fourth-order valence-corrected chi connectivity index (χ4v) is 2.01. The zero-order chi connectivity index (χ0) is 21.6. The molecular weight excluding hydrogens is 364 g/mol. The fraction of sp³-hybridized carbons (Fsp3) is 0.520. The van der Waals surface area contributed by atoms with Crippen LogP contribution in [0.1, 0.15) is 68.4 Å². The summed E-state index contributed by atoms with van der Waals surface area (Å²) in [5, 5.41) is 0. The highest BCUT2D eigenvalue weighted by molar-refractivity contribution is 5.40. The molecule has 2 aromatic carbocycles. The van der Waals surface area contributed by atoms with Crippen LogP contribution in [0.2, 0.25) is 0 Å². The molecule has 4 heteroatoms. The van der Waals surface area contributed by atoms with E-state index in [1.165, 1.54) is 0 Å². The molecule has 2 heterocycles. The Morgan fingerprint density at radius 1 is 0.552 bits per heavy atom. The molecule has 0 bridgehead atoms. The summed E-state index contributed by atoms with van der Waals surface area (Å²) in [6.07, 6.45) is 0. The minimum Gasteiger partial charge on any atom is -0.486 e. The zero-order valence-electron chi connectivity index (χ0n) is 19.1. The number of benzene rings is 2. The number of hydrogen-bond donors (Lipinski definition) is 0. The zero-order valence-corrected chi connectivity index (χ0v) is 19.1. The van der Waals surface area contributed by atoms with Gasteiger partial charge in [0.1, 0.15) is 19.0 Å². The van der Waals surface area contributed by atoms with Crippen molar-refractivity contribution in [2.75, 3.05) is 20.0 Å². The van der Waals surface area contributed by atoms with Crippen LogP contribution in [0.15, 0.2) is 48.5 Å². The molecule has 2 aromatic rings. The Balaban J connectivity index is -0.000000340. The second-order valence-electron chi connectivity index (χ2n) is 4.36. The first-order chi connectivity index (χ1) is 13.9. The van der Waals surface area contributed by atoms with Crippen molar-refractivity contribution in [3.63, 3.8) is 0 Å². The molecule has 2 aliphatic rings. The summed E-state index contributed by atoms with van der Waals surface area (Å²) in [5.74, 6) is 2.66. The summed E-state index contributed by atoms with van der Waals surface area (Å²) < 4.78 is 20.9. The van der Waals surface area contributed by atoms with E-state index in [1.54, 1.807) is 0 Å². The van der Waals surface area contributed by atoms with Crippen LogP contribution in [0.25, 0.3) is 0 Å². The van der Waals surface area contributed by atoms with Gasteiger partial charge in [-0.15, -0.1) is 0 Å². The number of rotatable bonds is 0. The van der Waals surface area contributed by atoms with Crippen molar-refractivity contribution in [1.82, 2.24) is 0 Å². The van der Waals surface area contributed by atoms with E-state index >= 15 is 0 Å². The van der Waals surface area contributed by atoms with Crippen LogP contribution >= 0.6 is 0 Å². The standard InChI is InChI=1S/2C8H8O2.4C2H6.CH4/c1-2-4-8-7(3-1)5-9-6-10-8;1-2-4-8-7(3-1)9-5-6-10-8;4*1-2;/h2*1-4H,5-6H2;4*1-2H3;1H4. The van der Waals surface area contributed by atoms with Crippen LogP contribution in [0.3, 0.4) is 0 Å². The van der Waals surface area contributed by atoms with Gasteiger partial charge in [0.25, 0.3) is 0 Å². The Hall–Kier alpha value is -2.20. The smallest absolute Gasteiger partial charge is 0.189 e. The van der Waals surface area contributed by atoms with E-state index in [-0.39, 0.29) is 7.43 Å².